The number of pyridine rings is 1. The normalized spacial score (nSPS) is 11.7. The molecule has 0 bridgehead atoms. The second-order valence-electron chi connectivity index (χ2n) is 6.91. The highest BCUT2D eigenvalue weighted by Gasteiger charge is 2.11. The van der Waals surface area contributed by atoms with Crippen LogP contribution in [-0.2, 0) is 0 Å². The first-order valence-corrected chi connectivity index (χ1v) is 11.0. The van der Waals surface area contributed by atoms with Crippen LogP contribution >= 0.6 is 11.8 Å². The SMILES string of the molecule is C=N/C(=C(/C)SCNc1nc(-c2cccnc2)nc2ccc(OC)cc12)c1ccccc1. The number of methoxy groups -OCH3 is 1. The van der Waals surface area contributed by atoms with E-state index in [-0.39, 0.29) is 0 Å². The highest BCUT2D eigenvalue weighted by Crippen LogP contribution is 2.30. The minimum absolute atomic E-state index is 0.605. The predicted molar refractivity (Wildman–Crippen MR) is 134 cm³/mol. The van der Waals surface area contributed by atoms with Gasteiger partial charge >= 0.3 is 0 Å². The number of fused-ring (bicyclic) bond motifs is 1. The van der Waals surface area contributed by atoms with Crippen molar-refractivity contribution in [3.8, 4) is 17.1 Å². The molecule has 4 rings (SSSR count). The highest BCUT2D eigenvalue weighted by atomic mass is 32.2. The minimum atomic E-state index is 0.605. The van der Waals surface area contributed by atoms with Crippen LogP contribution in [0, 0.1) is 0 Å². The average Bonchev–Trinajstić information content (AvgIpc) is 2.85. The van der Waals surface area contributed by atoms with Gasteiger partial charge in [0.15, 0.2) is 5.82 Å². The van der Waals surface area contributed by atoms with Gasteiger partial charge in [-0.25, -0.2) is 9.97 Å². The summed E-state index contributed by atoms with van der Waals surface area (Å²) < 4.78 is 5.40. The number of anilines is 1. The highest BCUT2D eigenvalue weighted by molar-refractivity contribution is 8.03. The van der Waals surface area contributed by atoms with Crippen LogP contribution in [0.15, 0.2) is 83.0 Å². The molecule has 2 aromatic heterocycles. The van der Waals surface area contributed by atoms with Gasteiger partial charge in [0.2, 0.25) is 0 Å². The third-order valence-corrected chi connectivity index (χ3v) is 5.80. The fraction of sp³-hybridized carbons (Fsp3) is 0.120. The molecule has 6 nitrogen and oxygen atoms in total. The number of ether oxygens (including phenoxy) is 1. The Hall–Kier alpha value is -3.71. The summed E-state index contributed by atoms with van der Waals surface area (Å²) in [5.74, 6) is 2.71. The third-order valence-electron chi connectivity index (χ3n) is 4.89. The minimum Gasteiger partial charge on any atom is -0.497 e. The standard InChI is InChI=1S/C25H23N5OS/c1-17(23(26-2)18-8-5-4-6-9-18)32-16-28-25-21-14-20(31-3)11-12-22(21)29-24(30-25)19-10-7-13-27-15-19/h4-15H,2,16H2,1,3H3,(H,28,29,30)/b23-17-. The van der Waals surface area contributed by atoms with Crippen LogP contribution in [0.1, 0.15) is 12.5 Å². The number of allylic oxidation sites excluding steroid dienone is 1. The number of thioether (sulfide) groups is 1. The lowest BCUT2D eigenvalue weighted by Gasteiger charge is -2.13. The van der Waals surface area contributed by atoms with Gasteiger partial charge in [0, 0.05) is 33.8 Å². The van der Waals surface area contributed by atoms with E-state index in [0.717, 1.165) is 44.2 Å². The van der Waals surface area contributed by atoms with Crippen LogP contribution in [0.2, 0.25) is 0 Å². The summed E-state index contributed by atoms with van der Waals surface area (Å²) >= 11 is 1.65. The molecule has 0 aliphatic carbocycles. The van der Waals surface area contributed by atoms with E-state index in [9.17, 15) is 0 Å². The van der Waals surface area contributed by atoms with Gasteiger partial charge in [-0.05, 0) is 44.0 Å². The molecule has 0 spiro atoms. The van der Waals surface area contributed by atoms with Crippen molar-refractivity contribution in [2.24, 2.45) is 4.99 Å². The Kier molecular flexibility index (Phi) is 6.77. The van der Waals surface area contributed by atoms with E-state index in [1.165, 1.54) is 0 Å². The van der Waals surface area contributed by atoms with E-state index >= 15 is 0 Å². The molecule has 4 aromatic rings. The van der Waals surface area contributed by atoms with Crippen molar-refractivity contribution in [1.29, 1.82) is 0 Å². The molecule has 0 amide bonds. The lowest BCUT2D eigenvalue weighted by atomic mass is 10.1. The zero-order chi connectivity index (χ0) is 22.3. The first-order valence-electron chi connectivity index (χ1n) is 10.1. The van der Waals surface area contributed by atoms with E-state index in [1.54, 1.807) is 31.3 Å². The van der Waals surface area contributed by atoms with E-state index in [0.29, 0.717) is 11.7 Å². The third kappa shape index (κ3) is 4.78. The summed E-state index contributed by atoms with van der Waals surface area (Å²) in [5.41, 5.74) is 3.61. The zero-order valence-corrected chi connectivity index (χ0v) is 18.8. The van der Waals surface area contributed by atoms with Gasteiger partial charge in [0.1, 0.15) is 11.6 Å². The molecule has 0 saturated heterocycles. The first kappa shape index (κ1) is 21.5. The number of rotatable bonds is 8. The van der Waals surface area contributed by atoms with Crippen LogP contribution < -0.4 is 10.1 Å². The topological polar surface area (TPSA) is 72.3 Å². The van der Waals surface area contributed by atoms with E-state index < -0.39 is 0 Å². The maximum atomic E-state index is 5.40. The van der Waals surface area contributed by atoms with Crippen molar-refractivity contribution in [2.45, 2.75) is 6.92 Å². The van der Waals surface area contributed by atoms with E-state index in [2.05, 4.69) is 22.0 Å². The Morgan fingerprint density at radius 1 is 1.09 bits per heavy atom. The quantitative estimate of drug-likeness (QED) is 0.271. The summed E-state index contributed by atoms with van der Waals surface area (Å²) in [4.78, 5) is 19.0. The molecule has 0 unspecified atom stereocenters. The van der Waals surface area contributed by atoms with Crippen molar-refractivity contribution in [3.05, 3.63) is 83.5 Å². The Morgan fingerprint density at radius 3 is 2.66 bits per heavy atom. The van der Waals surface area contributed by atoms with Crippen LogP contribution in [0.25, 0.3) is 28.0 Å². The molecule has 0 saturated carbocycles. The molecule has 160 valence electrons. The summed E-state index contributed by atoms with van der Waals surface area (Å²) in [7, 11) is 1.65. The fourth-order valence-corrected chi connectivity index (χ4v) is 4.02. The van der Waals surface area contributed by atoms with Gasteiger partial charge in [-0.15, -0.1) is 11.8 Å². The largest absolute Gasteiger partial charge is 0.497 e. The second kappa shape index (κ2) is 10.1. The molecule has 0 aliphatic heterocycles. The maximum absolute atomic E-state index is 5.40. The molecule has 0 atom stereocenters. The number of hydrogen-bond donors (Lipinski definition) is 1. The van der Waals surface area contributed by atoms with Crippen LogP contribution in [0.5, 0.6) is 5.75 Å². The molecule has 2 aromatic carbocycles. The molecule has 0 radical (unpaired) electrons. The molecular weight excluding hydrogens is 418 g/mol. The zero-order valence-electron chi connectivity index (χ0n) is 17.9. The van der Waals surface area contributed by atoms with Gasteiger partial charge in [-0.1, -0.05) is 30.3 Å². The molecule has 32 heavy (non-hydrogen) atoms. The number of aliphatic imine (C=N–C) groups is 1. The Labute approximate surface area is 191 Å². The summed E-state index contributed by atoms with van der Waals surface area (Å²) in [6.45, 7) is 5.80. The lowest BCUT2D eigenvalue weighted by Crippen LogP contribution is -2.04. The van der Waals surface area contributed by atoms with E-state index in [4.69, 9.17) is 14.7 Å². The maximum Gasteiger partial charge on any atom is 0.163 e. The van der Waals surface area contributed by atoms with Crippen LogP contribution in [0.4, 0.5) is 5.82 Å². The Bertz CT molecular complexity index is 1260. The van der Waals surface area contributed by atoms with Gasteiger partial charge in [-0.2, -0.15) is 0 Å². The van der Waals surface area contributed by atoms with Crippen LogP contribution in [0.3, 0.4) is 0 Å². The molecule has 0 aliphatic rings. The Morgan fingerprint density at radius 2 is 1.94 bits per heavy atom. The average molecular weight is 442 g/mol. The van der Waals surface area contributed by atoms with Crippen molar-refractivity contribution < 1.29 is 4.74 Å². The predicted octanol–water partition coefficient (Wildman–Crippen LogP) is 5.89. The van der Waals surface area contributed by atoms with E-state index in [1.807, 2.05) is 67.6 Å². The van der Waals surface area contributed by atoms with Crippen LogP contribution in [-0.4, -0.2) is 34.7 Å². The number of benzene rings is 2. The van der Waals surface area contributed by atoms with Crippen molar-refractivity contribution in [3.63, 3.8) is 0 Å². The smallest absolute Gasteiger partial charge is 0.163 e. The number of aromatic nitrogens is 3. The molecular formula is C25H23N5OS. The van der Waals surface area contributed by atoms with Gasteiger partial charge in [0.05, 0.1) is 24.2 Å². The van der Waals surface area contributed by atoms with Gasteiger partial charge in [-0.3, -0.25) is 9.98 Å². The fourth-order valence-electron chi connectivity index (χ4n) is 3.28. The van der Waals surface area contributed by atoms with Gasteiger partial charge in [0.25, 0.3) is 0 Å². The Balaban J connectivity index is 1.64. The molecule has 0 fully saturated rings. The van der Waals surface area contributed by atoms with Crippen molar-refractivity contribution in [1.82, 2.24) is 15.0 Å². The lowest BCUT2D eigenvalue weighted by molar-refractivity contribution is 0.415. The number of nitrogens with one attached hydrogen (secondary N) is 1. The molecule has 2 heterocycles. The monoisotopic (exact) mass is 441 g/mol. The van der Waals surface area contributed by atoms with Gasteiger partial charge < -0.3 is 10.1 Å². The number of hydrogen-bond acceptors (Lipinski definition) is 7. The van der Waals surface area contributed by atoms with Crippen molar-refractivity contribution in [2.75, 3.05) is 18.3 Å². The first-order chi connectivity index (χ1) is 15.7. The molecule has 7 heteroatoms. The summed E-state index contributed by atoms with van der Waals surface area (Å²) in [5, 5.41) is 4.34. The summed E-state index contributed by atoms with van der Waals surface area (Å²) in [6.07, 6.45) is 3.50. The molecule has 1 N–H and O–H groups in total. The van der Waals surface area contributed by atoms with Crippen molar-refractivity contribution >= 4 is 40.9 Å². The second-order valence-corrected chi connectivity index (χ2v) is 8.10. The summed E-state index contributed by atoms with van der Waals surface area (Å²) in [6, 6.07) is 19.7. The number of nitrogens with zero attached hydrogens (tertiary/aromatic N) is 4.